The summed E-state index contributed by atoms with van der Waals surface area (Å²) in [5.74, 6) is -2.91. The zero-order valence-corrected chi connectivity index (χ0v) is 16.7. The topological polar surface area (TPSA) is 135 Å². The quantitative estimate of drug-likeness (QED) is 0.418. The van der Waals surface area contributed by atoms with E-state index in [1.54, 1.807) is 6.07 Å². The van der Waals surface area contributed by atoms with Crippen LogP contribution in [0.3, 0.4) is 0 Å². The molecule has 1 heterocycles. The van der Waals surface area contributed by atoms with E-state index in [4.69, 9.17) is 15.7 Å². The fourth-order valence-electron chi connectivity index (χ4n) is 2.79. The van der Waals surface area contributed by atoms with Gasteiger partial charge in [-0.1, -0.05) is 11.8 Å². The van der Waals surface area contributed by atoms with Gasteiger partial charge in [-0.25, -0.2) is 4.79 Å². The Balaban J connectivity index is 2.12. The molecule has 8 nitrogen and oxygen atoms in total. The molecule has 0 spiro atoms. The van der Waals surface area contributed by atoms with Gasteiger partial charge in [0.2, 0.25) is 11.8 Å². The lowest BCUT2D eigenvalue weighted by Gasteiger charge is -2.12. The molecule has 1 atom stereocenters. The second-order valence-corrected chi connectivity index (χ2v) is 7.87. The van der Waals surface area contributed by atoms with Crippen molar-refractivity contribution in [1.29, 1.82) is 5.26 Å². The first-order valence-electron chi connectivity index (χ1n) is 8.24. The van der Waals surface area contributed by atoms with E-state index in [1.165, 1.54) is 25.5 Å². The number of aliphatic imine (C=N–C) groups is 1. The summed E-state index contributed by atoms with van der Waals surface area (Å²) in [7, 11) is 2.74. The number of primary amides is 1. The van der Waals surface area contributed by atoms with E-state index in [0.717, 1.165) is 47.9 Å². The van der Waals surface area contributed by atoms with Crippen LogP contribution in [0.2, 0.25) is 0 Å². The highest BCUT2D eigenvalue weighted by Crippen LogP contribution is 2.38. The number of hydrogen-bond acceptors (Lipinski definition) is 8. The first-order valence-corrected chi connectivity index (χ1v) is 10.0. The van der Waals surface area contributed by atoms with Crippen LogP contribution >= 0.6 is 23.1 Å². The predicted octanol–water partition coefficient (Wildman–Crippen LogP) is 1.74. The van der Waals surface area contributed by atoms with Gasteiger partial charge in [0.25, 0.3) is 0 Å². The molecule has 1 unspecified atom stereocenters. The molecule has 0 saturated heterocycles. The Kier molecular flexibility index (Phi) is 7.38. The number of fused-ring (bicyclic) bond motifs is 1. The van der Waals surface area contributed by atoms with Crippen LogP contribution in [-0.2, 0) is 27.2 Å². The molecule has 3 N–H and O–H groups in total. The molecule has 0 fully saturated rings. The summed E-state index contributed by atoms with van der Waals surface area (Å²) in [4.78, 5) is 40.8. The molecule has 1 aromatic heterocycles. The van der Waals surface area contributed by atoms with Gasteiger partial charge >= 0.3 is 5.97 Å². The molecule has 0 aliphatic heterocycles. The Morgan fingerprint density at radius 1 is 1.41 bits per heavy atom. The van der Waals surface area contributed by atoms with Crippen LogP contribution in [0.4, 0.5) is 5.00 Å². The molecule has 0 bridgehead atoms. The number of ether oxygens (including phenoxy) is 1. The first-order chi connectivity index (χ1) is 12.9. The number of amides is 2. The van der Waals surface area contributed by atoms with Crippen LogP contribution < -0.4 is 11.1 Å². The maximum absolute atomic E-state index is 12.4. The third-order valence-corrected chi connectivity index (χ3v) is 6.37. The summed E-state index contributed by atoms with van der Waals surface area (Å²) >= 11 is 2.36. The van der Waals surface area contributed by atoms with Gasteiger partial charge in [-0.2, -0.15) is 5.26 Å². The van der Waals surface area contributed by atoms with Crippen molar-refractivity contribution in [2.45, 2.75) is 25.7 Å². The Morgan fingerprint density at radius 3 is 2.70 bits per heavy atom. The smallest absolute Gasteiger partial charge is 0.341 e. The van der Waals surface area contributed by atoms with E-state index in [2.05, 4.69) is 10.3 Å². The van der Waals surface area contributed by atoms with Crippen LogP contribution in [0.15, 0.2) is 4.99 Å². The number of carbonyl (C=O) groups excluding carboxylic acids is 3. The number of methoxy groups -OCH3 is 1. The molecular weight excluding hydrogens is 388 g/mol. The summed E-state index contributed by atoms with van der Waals surface area (Å²) in [6.45, 7) is 0. The molecule has 0 radical (unpaired) electrons. The van der Waals surface area contributed by atoms with Crippen LogP contribution in [0.1, 0.15) is 33.6 Å². The summed E-state index contributed by atoms with van der Waals surface area (Å²) in [5.41, 5.74) is 6.55. The standard InChI is InChI=1S/C17H20N4O4S2/c1-20-15(10(7-18)14(19)23)26-8-12(22)21-16-13(17(24)25-2)9-5-3-4-6-11(9)27-16/h10H,3-6,8H2,1-2H3,(H2,19,23)(H,21,22). The number of nitrogens with two attached hydrogens (primary N) is 1. The number of anilines is 1. The molecule has 1 aliphatic carbocycles. The molecular formula is C17H20N4O4S2. The average molecular weight is 409 g/mol. The molecule has 2 rings (SSSR count). The van der Waals surface area contributed by atoms with E-state index in [0.29, 0.717) is 10.6 Å². The number of nitriles is 1. The third kappa shape index (κ3) is 4.87. The highest BCUT2D eigenvalue weighted by Gasteiger charge is 2.27. The van der Waals surface area contributed by atoms with Crippen molar-refractivity contribution in [1.82, 2.24) is 0 Å². The molecule has 27 heavy (non-hydrogen) atoms. The number of nitrogens with zero attached hydrogens (tertiary/aromatic N) is 2. The van der Waals surface area contributed by atoms with Crippen molar-refractivity contribution < 1.29 is 19.1 Å². The normalized spacial score (nSPS) is 14.6. The minimum atomic E-state index is -1.19. The molecule has 0 saturated carbocycles. The van der Waals surface area contributed by atoms with Crippen molar-refractivity contribution in [2.24, 2.45) is 16.6 Å². The largest absolute Gasteiger partial charge is 0.465 e. The van der Waals surface area contributed by atoms with Gasteiger partial charge in [-0.3, -0.25) is 14.6 Å². The highest BCUT2D eigenvalue weighted by molar-refractivity contribution is 8.14. The van der Waals surface area contributed by atoms with Gasteiger partial charge in [-0.15, -0.1) is 11.3 Å². The molecule has 1 aromatic rings. The zero-order chi connectivity index (χ0) is 20.0. The SMILES string of the molecule is CN=C(SCC(=O)Nc1sc2c(c1C(=O)OC)CCCC2)C(C#N)C(N)=O. The number of carbonyl (C=O) groups is 3. The van der Waals surface area contributed by atoms with Gasteiger partial charge in [0.05, 0.1) is 29.5 Å². The number of hydrogen-bond donors (Lipinski definition) is 2. The molecule has 2 amide bonds. The van der Waals surface area contributed by atoms with Gasteiger partial charge in [-0.05, 0) is 31.2 Å². The summed E-state index contributed by atoms with van der Waals surface area (Å²) in [6, 6.07) is 1.77. The van der Waals surface area contributed by atoms with Crippen LogP contribution in [0.5, 0.6) is 0 Å². The number of nitrogens with one attached hydrogen (secondary N) is 1. The van der Waals surface area contributed by atoms with E-state index in [-0.39, 0.29) is 16.7 Å². The van der Waals surface area contributed by atoms with Crippen molar-refractivity contribution in [3.05, 3.63) is 16.0 Å². The predicted molar refractivity (Wildman–Crippen MR) is 105 cm³/mol. The van der Waals surface area contributed by atoms with E-state index in [1.807, 2.05) is 0 Å². The number of rotatable bonds is 6. The minimum absolute atomic E-state index is 0.0681. The second kappa shape index (κ2) is 9.53. The third-order valence-electron chi connectivity index (χ3n) is 4.05. The lowest BCUT2D eigenvalue weighted by atomic mass is 9.95. The number of esters is 1. The van der Waals surface area contributed by atoms with Crippen molar-refractivity contribution >= 4 is 50.9 Å². The van der Waals surface area contributed by atoms with E-state index >= 15 is 0 Å². The van der Waals surface area contributed by atoms with Gasteiger partial charge < -0.3 is 15.8 Å². The van der Waals surface area contributed by atoms with Crippen molar-refractivity contribution in [3.8, 4) is 6.07 Å². The molecule has 10 heteroatoms. The maximum atomic E-state index is 12.4. The van der Waals surface area contributed by atoms with Gasteiger partial charge in [0.15, 0.2) is 5.92 Å². The fourth-order valence-corrected chi connectivity index (χ4v) is 4.90. The number of thiophene rings is 1. The lowest BCUT2D eigenvalue weighted by Crippen LogP contribution is -2.28. The zero-order valence-electron chi connectivity index (χ0n) is 15.0. The van der Waals surface area contributed by atoms with Gasteiger partial charge in [0.1, 0.15) is 5.00 Å². The first kappa shape index (κ1) is 20.9. The lowest BCUT2D eigenvalue weighted by molar-refractivity contribution is -0.118. The Hall–Kier alpha value is -2.38. The summed E-state index contributed by atoms with van der Waals surface area (Å²) in [5, 5.41) is 12.4. The van der Waals surface area contributed by atoms with Crippen molar-refractivity contribution in [2.75, 3.05) is 25.2 Å². The maximum Gasteiger partial charge on any atom is 0.341 e. The summed E-state index contributed by atoms with van der Waals surface area (Å²) in [6.07, 6.45) is 3.71. The second-order valence-electron chi connectivity index (χ2n) is 5.77. The fraction of sp³-hybridized carbons (Fsp3) is 0.471. The minimum Gasteiger partial charge on any atom is -0.465 e. The molecule has 0 aromatic carbocycles. The summed E-state index contributed by atoms with van der Waals surface area (Å²) < 4.78 is 4.88. The van der Waals surface area contributed by atoms with Crippen molar-refractivity contribution in [3.63, 3.8) is 0 Å². The number of aryl methyl sites for hydroxylation is 1. The Bertz CT molecular complexity index is 826. The van der Waals surface area contributed by atoms with Gasteiger partial charge in [0, 0.05) is 11.9 Å². The monoisotopic (exact) mass is 408 g/mol. The van der Waals surface area contributed by atoms with E-state index in [9.17, 15) is 14.4 Å². The van der Waals surface area contributed by atoms with Crippen LogP contribution in [-0.4, -0.2) is 42.7 Å². The van der Waals surface area contributed by atoms with Crippen LogP contribution in [0.25, 0.3) is 0 Å². The van der Waals surface area contributed by atoms with E-state index < -0.39 is 17.8 Å². The molecule has 1 aliphatic rings. The average Bonchev–Trinajstić information content (AvgIpc) is 3.01. The number of thioether (sulfide) groups is 1. The Morgan fingerprint density at radius 2 is 2.11 bits per heavy atom. The highest BCUT2D eigenvalue weighted by atomic mass is 32.2. The molecule has 144 valence electrons. The van der Waals surface area contributed by atoms with Crippen LogP contribution in [0, 0.1) is 17.2 Å². The Labute approximate surface area is 165 Å².